The fraction of sp³-hybridized carbons (Fsp3) is 0.120. The zero-order valence-electron chi connectivity index (χ0n) is 17.8. The molecule has 0 bridgehead atoms. The Balaban J connectivity index is 1.73. The first-order chi connectivity index (χ1) is 15.7. The van der Waals surface area contributed by atoms with Crippen LogP contribution in [0.15, 0.2) is 83.9 Å². The van der Waals surface area contributed by atoms with Gasteiger partial charge in [-0.1, -0.05) is 54.1 Å². The molecule has 1 N–H and O–H groups in total. The minimum atomic E-state index is -3.29. The van der Waals surface area contributed by atoms with Crippen molar-refractivity contribution in [1.29, 1.82) is 0 Å². The second kappa shape index (κ2) is 9.21. The van der Waals surface area contributed by atoms with Gasteiger partial charge in [0.25, 0.3) is 0 Å². The van der Waals surface area contributed by atoms with Crippen molar-refractivity contribution in [2.45, 2.75) is 17.9 Å². The van der Waals surface area contributed by atoms with E-state index in [9.17, 15) is 18.3 Å². The lowest BCUT2D eigenvalue weighted by atomic mass is 9.92. The maximum Gasteiger partial charge on any atom is 0.354 e. The van der Waals surface area contributed by atoms with Gasteiger partial charge >= 0.3 is 5.97 Å². The van der Waals surface area contributed by atoms with E-state index in [4.69, 9.17) is 11.6 Å². The van der Waals surface area contributed by atoms with Crippen LogP contribution in [-0.2, 0) is 22.8 Å². The molecular formula is C25H21ClN2O4S. The molecule has 0 fully saturated rings. The average molecular weight is 481 g/mol. The highest BCUT2D eigenvalue weighted by Crippen LogP contribution is 2.34. The monoisotopic (exact) mass is 480 g/mol. The third kappa shape index (κ3) is 5.16. The molecule has 0 saturated carbocycles. The van der Waals surface area contributed by atoms with E-state index in [1.54, 1.807) is 24.3 Å². The standard InChI is InChI=1S/C25H21ClN2O4S/c1-33(31,32)21-9-5-19(6-10-21)23-16-17(13-15-28-24(25(29)30)12-14-27-28)2-11-22(23)18-3-7-20(26)8-4-18/h2-12,14,16H,13,15H2,1H3,(H,29,30). The van der Waals surface area contributed by atoms with E-state index < -0.39 is 15.8 Å². The van der Waals surface area contributed by atoms with E-state index in [0.717, 1.165) is 27.8 Å². The summed E-state index contributed by atoms with van der Waals surface area (Å²) < 4.78 is 25.2. The molecule has 1 heterocycles. The molecule has 0 saturated heterocycles. The van der Waals surface area contributed by atoms with Gasteiger partial charge in [0, 0.05) is 24.0 Å². The largest absolute Gasteiger partial charge is 0.477 e. The smallest absolute Gasteiger partial charge is 0.354 e. The zero-order valence-corrected chi connectivity index (χ0v) is 19.3. The van der Waals surface area contributed by atoms with Crippen molar-refractivity contribution in [2.24, 2.45) is 0 Å². The Labute approximate surface area is 197 Å². The molecular weight excluding hydrogens is 460 g/mol. The summed E-state index contributed by atoms with van der Waals surface area (Å²) in [6, 6.07) is 21.9. The number of carbonyl (C=O) groups is 1. The number of sulfone groups is 1. The van der Waals surface area contributed by atoms with Gasteiger partial charge in [0.2, 0.25) is 0 Å². The minimum absolute atomic E-state index is 0.143. The number of aromatic nitrogens is 2. The van der Waals surface area contributed by atoms with Crippen LogP contribution < -0.4 is 0 Å². The third-order valence-corrected chi connectivity index (χ3v) is 6.76. The summed E-state index contributed by atoms with van der Waals surface area (Å²) in [4.78, 5) is 11.6. The first-order valence-electron chi connectivity index (χ1n) is 10.2. The highest BCUT2D eigenvalue weighted by molar-refractivity contribution is 7.90. The normalized spacial score (nSPS) is 11.5. The Morgan fingerprint density at radius 2 is 1.58 bits per heavy atom. The molecule has 0 aliphatic heterocycles. The van der Waals surface area contributed by atoms with Crippen LogP contribution in [0.2, 0.25) is 5.02 Å². The van der Waals surface area contributed by atoms with Crippen molar-refractivity contribution >= 4 is 27.4 Å². The molecule has 6 nitrogen and oxygen atoms in total. The van der Waals surface area contributed by atoms with E-state index in [0.29, 0.717) is 18.0 Å². The number of carboxylic acids is 1. The molecule has 0 amide bonds. The second-order valence-electron chi connectivity index (χ2n) is 7.68. The van der Waals surface area contributed by atoms with Crippen molar-refractivity contribution < 1.29 is 18.3 Å². The lowest BCUT2D eigenvalue weighted by molar-refractivity contribution is 0.0683. The number of nitrogens with zero attached hydrogens (tertiary/aromatic N) is 2. The van der Waals surface area contributed by atoms with Gasteiger partial charge in [0.1, 0.15) is 5.69 Å². The van der Waals surface area contributed by atoms with Crippen LogP contribution >= 0.6 is 11.6 Å². The predicted octanol–water partition coefficient (Wildman–Crippen LogP) is 5.21. The molecule has 1 aromatic heterocycles. The summed E-state index contributed by atoms with van der Waals surface area (Å²) in [5.74, 6) is -1.02. The highest BCUT2D eigenvalue weighted by atomic mass is 35.5. The lowest BCUT2D eigenvalue weighted by Gasteiger charge is -2.14. The number of aromatic carboxylic acids is 1. The van der Waals surface area contributed by atoms with E-state index >= 15 is 0 Å². The maximum absolute atomic E-state index is 11.9. The number of benzene rings is 3. The van der Waals surface area contributed by atoms with Crippen molar-refractivity contribution in [3.8, 4) is 22.3 Å². The molecule has 0 spiro atoms. The number of rotatable bonds is 7. The second-order valence-corrected chi connectivity index (χ2v) is 10.1. The van der Waals surface area contributed by atoms with E-state index in [1.165, 1.54) is 23.2 Å². The van der Waals surface area contributed by atoms with Crippen LogP contribution in [0.25, 0.3) is 22.3 Å². The topological polar surface area (TPSA) is 89.3 Å². The van der Waals surface area contributed by atoms with Crippen LogP contribution in [0, 0.1) is 0 Å². The summed E-state index contributed by atoms with van der Waals surface area (Å²) in [7, 11) is -3.29. The van der Waals surface area contributed by atoms with Crippen LogP contribution in [-0.4, -0.2) is 35.5 Å². The molecule has 4 rings (SSSR count). The molecule has 3 aromatic carbocycles. The molecule has 0 aliphatic rings. The molecule has 4 aromatic rings. The molecule has 168 valence electrons. The van der Waals surface area contributed by atoms with Crippen molar-refractivity contribution in [3.63, 3.8) is 0 Å². The summed E-state index contributed by atoms with van der Waals surface area (Å²) in [6.07, 6.45) is 3.24. The SMILES string of the molecule is CS(=O)(=O)c1ccc(-c2cc(CCn3nccc3C(=O)O)ccc2-c2ccc(Cl)cc2)cc1. The average Bonchev–Trinajstić information content (AvgIpc) is 3.27. The summed E-state index contributed by atoms with van der Waals surface area (Å²) >= 11 is 6.06. The highest BCUT2D eigenvalue weighted by Gasteiger charge is 2.13. The van der Waals surface area contributed by atoms with Crippen LogP contribution in [0.5, 0.6) is 0 Å². The fourth-order valence-corrected chi connectivity index (χ4v) is 4.43. The first kappa shape index (κ1) is 22.8. The van der Waals surface area contributed by atoms with Gasteiger partial charge in [0.05, 0.1) is 4.90 Å². The third-order valence-electron chi connectivity index (χ3n) is 5.38. The Morgan fingerprint density at radius 3 is 2.21 bits per heavy atom. The molecule has 0 aliphatic carbocycles. The van der Waals surface area contributed by atoms with E-state index in [2.05, 4.69) is 5.10 Å². The van der Waals surface area contributed by atoms with E-state index in [1.807, 2.05) is 42.5 Å². The molecule has 8 heteroatoms. The summed E-state index contributed by atoms with van der Waals surface area (Å²) in [5, 5.41) is 14.0. The Kier molecular flexibility index (Phi) is 6.35. The molecule has 33 heavy (non-hydrogen) atoms. The van der Waals surface area contributed by atoms with Gasteiger partial charge in [-0.15, -0.1) is 0 Å². The van der Waals surface area contributed by atoms with Crippen LogP contribution in [0.3, 0.4) is 0 Å². The maximum atomic E-state index is 11.9. The number of hydrogen-bond donors (Lipinski definition) is 1. The predicted molar refractivity (Wildman–Crippen MR) is 128 cm³/mol. The summed E-state index contributed by atoms with van der Waals surface area (Å²) in [6.45, 7) is 0.418. The Bertz CT molecular complexity index is 1410. The van der Waals surface area contributed by atoms with Gasteiger partial charge in [-0.3, -0.25) is 4.68 Å². The lowest BCUT2D eigenvalue weighted by Crippen LogP contribution is -2.11. The number of aryl methyl sites for hydroxylation is 2. The van der Waals surface area contributed by atoms with Crippen molar-refractivity contribution in [2.75, 3.05) is 6.26 Å². The van der Waals surface area contributed by atoms with Crippen molar-refractivity contribution in [3.05, 3.63) is 95.3 Å². The molecule has 0 atom stereocenters. The number of carboxylic acid groups (broad SMARTS) is 1. The number of halogens is 1. The quantitative estimate of drug-likeness (QED) is 0.392. The van der Waals surface area contributed by atoms with Gasteiger partial charge < -0.3 is 5.11 Å². The fourth-order valence-electron chi connectivity index (χ4n) is 3.68. The van der Waals surface area contributed by atoms with E-state index in [-0.39, 0.29) is 10.6 Å². The minimum Gasteiger partial charge on any atom is -0.477 e. The first-order valence-corrected chi connectivity index (χ1v) is 12.4. The zero-order chi connectivity index (χ0) is 23.6. The van der Waals surface area contributed by atoms with Gasteiger partial charge in [-0.25, -0.2) is 13.2 Å². The Morgan fingerprint density at radius 1 is 0.939 bits per heavy atom. The molecule has 0 radical (unpaired) electrons. The van der Waals surface area contributed by atoms with Crippen LogP contribution in [0.4, 0.5) is 0 Å². The van der Waals surface area contributed by atoms with Crippen LogP contribution in [0.1, 0.15) is 16.1 Å². The van der Waals surface area contributed by atoms with Gasteiger partial charge in [-0.2, -0.15) is 5.10 Å². The summed E-state index contributed by atoms with van der Waals surface area (Å²) in [5.41, 5.74) is 4.92. The van der Waals surface area contributed by atoms with Gasteiger partial charge in [0.15, 0.2) is 9.84 Å². The number of hydrogen-bond acceptors (Lipinski definition) is 4. The Hall–Kier alpha value is -3.42. The van der Waals surface area contributed by atoms with Crippen molar-refractivity contribution in [1.82, 2.24) is 9.78 Å². The van der Waals surface area contributed by atoms with Gasteiger partial charge in [-0.05, 0) is 64.6 Å². The molecule has 0 unspecified atom stereocenters.